The minimum Gasteiger partial charge on any atom is -0.0683 e. The van der Waals surface area contributed by atoms with Crippen molar-refractivity contribution >= 4 is 43.1 Å². The van der Waals surface area contributed by atoms with E-state index in [-0.39, 0.29) is 0 Å². The van der Waals surface area contributed by atoms with Crippen molar-refractivity contribution in [3.05, 3.63) is 194 Å². The molecule has 0 aliphatic heterocycles. The molecule has 0 saturated heterocycles. The number of hydrogen-bond donors (Lipinski definition) is 0. The molecule has 0 saturated carbocycles. The molecule has 0 atom stereocenters. The second-order valence-corrected chi connectivity index (χ2v) is 16.2. The van der Waals surface area contributed by atoms with E-state index < -0.39 is 0 Å². The highest BCUT2D eigenvalue weighted by atomic mass is 14.3. The maximum absolute atomic E-state index is 2.39. The topological polar surface area (TPSA) is 0 Å². The number of aryl methyl sites for hydroxylation is 1. The van der Waals surface area contributed by atoms with Crippen molar-refractivity contribution in [1.82, 2.24) is 0 Å². The Morgan fingerprint density at radius 1 is 0.306 bits per heavy atom. The van der Waals surface area contributed by atoms with E-state index in [1.165, 1.54) is 135 Å². The molecule has 306 valence electrons. The lowest BCUT2D eigenvalue weighted by molar-refractivity contribution is 0.886. The Kier molecular flexibility index (Phi) is 12.8. The third-order valence-corrected chi connectivity index (χ3v) is 12.0. The van der Waals surface area contributed by atoms with Crippen LogP contribution in [-0.4, -0.2) is 0 Å². The van der Waals surface area contributed by atoms with Gasteiger partial charge in [0.1, 0.15) is 0 Å². The van der Waals surface area contributed by atoms with Gasteiger partial charge in [-0.15, -0.1) is 0 Å². The molecule has 0 nitrogen and oxygen atoms in total. The molecule has 0 aromatic heterocycles. The lowest BCUT2D eigenvalue weighted by atomic mass is 9.82. The van der Waals surface area contributed by atoms with Crippen LogP contribution in [-0.2, 0) is 0 Å². The van der Waals surface area contributed by atoms with Crippen LogP contribution < -0.4 is 0 Å². The minimum absolute atomic E-state index is 1.24. The summed E-state index contributed by atoms with van der Waals surface area (Å²) in [5, 5.41) is 10.3. The van der Waals surface area contributed by atoms with Crippen LogP contribution in [0.1, 0.15) is 66.4 Å². The Balaban J connectivity index is 0.000000545. The van der Waals surface area contributed by atoms with Gasteiger partial charge in [-0.3, -0.25) is 0 Å². The van der Waals surface area contributed by atoms with E-state index >= 15 is 0 Å². The fourth-order valence-electron chi connectivity index (χ4n) is 9.03. The molecular weight excluding hydrogens is 745 g/mol. The standard InChI is InChI=1S/C53H34.C4H10.C3H8.C2H6/c1-33-19-21-34(22-20-33)37-25-27-41-38(31-37)23-24-39-32-40(26-28-42(39)41)43-29-30-48-51-44(43)17-10-18-47(51)52-49(35-11-4-2-5-12-35)45-15-8-9-16-46(45)50(53(48)52)36-13-6-3-7-14-36;1-3-4-2;1-3-2;1-2/h2-32H,1H3;3-4H2,1-2H3;3H2,1-2H3;1-2H3. The molecule has 0 radical (unpaired) electrons. The first-order valence-corrected chi connectivity index (χ1v) is 22.8. The second kappa shape index (κ2) is 18.9. The van der Waals surface area contributed by atoms with Crippen molar-refractivity contribution < 1.29 is 0 Å². The lowest BCUT2D eigenvalue weighted by Gasteiger charge is -2.20. The van der Waals surface area contributed by atoms with Gasteiger partial charge in [-0.25, -0.2) is 0 Å². The fraction of sp³-hybridized carbons (Fsp3) is 0.161. The fourth-order valence-corrected chi connectivity index (χ4v) is 9.03. The van der Waals surface area contributed by atoms with Crippen LogP contribution in [0.2, 0.25) is 0 Å². The smallest absolute Gasteiger partial charge is 0.000741 e. The number of unbranched alkanes of at least 4 members (excludes halogenated alkanes) is 1. The number of benzene rings is 10. The number of rotatable bonds is 5. The normalized spacial score (nSPS) is 11.0. The molecule has 0 spiro atoms. The maximum atomic E-state index is 2.39. The highest BCUT2D eigenvalue weighted by molar-refractivity contribution is 6.29. The Morgan fingerprint density at radius 2 is 0.742 bits per heavy atom. The van der Waals surface area contributed by atoms with Crippen molar-refractivity contribution in [2.45, 2.75) is 67.7 Å². The quantitative estimate of drug-likeness (QED) is 0.152. The van der Waals surface area contributed by atoms with Crippen LogP contribution in [0.3, 0.4) is 0 Å². The van der Waals surface area contributed by atoms with Crippen LogP contribution in [0.15, 0.2) is 188 Å². The average Bonchev–Trinajstić information content (AvgIpc) is 3.66. The van der Waals surface area contributed by atoms with E-state index in [1.54, 1.807) is 0 Å². The Labute approximate surface area is 369 Å². The van der Waals surface area contributed by atoms with Gasteiger partial charge in [-0.1, -0.05) is 242 Å². The van der Waals surface area contributed by atoms with E-state index in [1.807, 2.05) is 13.8 Å². The summed E-state index contributed by atoms with van der Waals surface area (Å²) in [5.74, 6) is 0. The van der Waals surface area contributed by atoms with Gasteiger partial charge in [0.25, 0.3) is 0 Å². The van der Waals surface area contributed by atoms with Crippen LogP contribution >= 0.6 is 0 Å². The monoisotopic (exact) mass is 802 g/mol. The van der Waals surface area contributed by atoms with Gasteiger partial charge in [0.05, 0.1) is 0 Å². The molecule has 62 heavy (non-hydrogen) atoms. The minimum atomic E-state index is 1.24. The summed E-state index contributed by atoms with van der Waals surface area (Å²) in [6.07, 6.45) is 3.89. The Bertz CT molecular complexity index is 3040. The van der Waals surface area contributed by atoms with Crippen LogP contribution in [0.4, 0.5) is 0 Å². The van der Waals surface area contributed by atoms with E-state index in [9.17, 15) is 0 Å². The molecule has 0 heteroatoms. The van der Waals surface area contributed by atoms with Crippen molar-refractivity contribution in [1.29, 1.82) is 0 Å². The lowest BCUT2D eigenvalue weighted by Crippen LogP contribution is -1.93. The zero-order chi connectivity index (χ0) is 43.2. The molecule has 10 aromatic rings. The van der Waals surface area contributed by atoms with Gasteiger partial charge in [0.2, 0.25) is 0 Å². The molecule has 11 rings (SSSR count). The Morgan fingerprint density at radius 3 is 1.27 bits per heavy atom. The molecule has 0 heterocycles. The van der Waals surface area contributed by atoms with E-state index in [2.05, 4.69) is 223 Å². The third kappa shape index (κ3) is 7.71. The first kappa shape index (κ1) is 42.0. The predicted octanol–water partition coefficient (Wildman–Crippen LogP) is 19.2. The highest BCUT2D eigenvalue weighted by Crippen LogP contribution is 2.58. The van der Waals surface area contributed by atoms with Crippen LogP contribution in [0, 0.1) is 6.92 Å². The maximum Gasteiger partial charge on any atom is -0.000741 e. The van der Waals surface area contributed by atoms with Gasteiger partial charge in [-0.2, -0.15) is 0 Å². The number of fused-ring (bicyclic) bond motifs is 7. The second-order valence-electron chi connectivity index (χ2n) is 16.2. The molecule has 0 fully saturated rings. The zero-order valence-electron chi connectivity index (χ0n) is 37.5. The molecular formula is C62H58. The molecule has 10 aromatic carbocycles. The van der Waals surface area contributed by atoms with Crippen molar-refractivity contribution in [2.24, 2.45) is 0 Å². The summed E-state index contributed by atoms with van der Waals surface area (Å²) in [6.45, 7) is 14.7. The van der Waals surface area contributed by atoms with Crippen molar-refractivity contribution in [3.8, 4) is 66.8 Å². The third-order valence-electron chi connectivity index (χ3n) is 12.0. The first-order valence-electron chi connectivity index (χ1n) is 22.8. The molecule has 0 N–H and O–H groups in total. The summed E-state index contributed by atoms with van der Waals surface area (Å²) in [5.41, 5.74) is 16.7. The summed E-state index contributed by atoms with van der Waals surface area (Å²) in [7, 11) is 0. The molecule has 0 bridgehead atoms. The summed E-state index contributed by atoms with van der Waals surface area (Å²) < 4.78 is 0. The van der Waals surface area contributed by atoms with Gasteiger partial charge >= 0.3 is 0 Å². The van der Waals surface area contributed by atoms with Crippen molar-refractivity contribution in [3.63, 3.8) is 0 Å². The molecule has 0 unspecified atom stereocenters. The van der Waals surface area contributed by atoms with Gasteiger partial charge in [-0.05, 0) is 129 Å². The zero-order valence-corrected chi connectivity index (χ0v) is 37.5. The van der Waals surface area contributed by atoms with E-state index in [0.29, 0.717) is 0 Å². The molecule has 1 aliphatic carbocycles. The average molecular weight is 803 g/mol. The molecule has 0 amide bonds. The largest absolute Gasteiger partial charge is 0.0683 e. The summed E-state index contributed by atoms with van der Waals surface area (Å²) in [6, 6.07) is 69.9. The van der Waals surface area contributed by atoms with Gasteiger partial charge < -0.3 is 0 Å². The van der Waals surface area contributed by atoms with E-state index in [4.69, 9.17) is 0 Å². The molecule has 1 aliphatic rings. The summed E-state index contributed by atoms with van der Waals surface area (Å²) in [4.78, 5) is 0. The van der Waals surface area contributed by atoms with Crippen LogP contribution in [0.25, 0.3) is 110 Å². The first-order chi connectivity index (χ1) is 30.5. The van der Waals surface area contributed by atoms with Gasteiger partial charge in [0.15, 0.2) is 0 Å². The summed E-state index contributed by atoms with van der Waals surface area (Å²) >= 11 is 0. The number of hydrogen-bond acceptors (Lipinski definition) is 0. The van der Waals surface area contributed by atoms with Crippen molar-refractivity contribution in [2.75, 3.05) is 0 Å². The highest BCUT2D eigenvalue weighted by Gasteiger charge is 2.31. The van der Waals surface area contributed by atoms with Crippen LogP contribution in [0.5, 0.6) is 0 Å². The SMILES string of the molecule is CC.CCC.CCCC.Cc1ccc(-c2ccc3c(ccc4cc(-c5ccc6c7c(cccc57)-c5c-6c(-c6ccccc6)c6ccccc6c5-c5ccccc5)ccc43)c2)cc1. The predicted molar refractivity (Wildman–Crippen MR) is 275 cm³/mol. The van der Waals surface area contributed by atoms with E-state index in [0.717, 1.165) is 0 Å². The van der Waals surface area contributed by atoms with Gasteiger partial charge in [0, 0.05) is 0 Å². The Hall–Kier alpha value is -6.76.